The maximum Gasteiger partial charge on any atom is 0.228 e. The van der Waals surface area contributed by atoms with E-state index in [9.17, 15) is 0 Å². The summed E-state index contributed by atoms with van der Waals surface area (Å²) >= 11 is 0. The lowest BCUT2D eigenvalue weighted by atomic mass is 10.2. The Kier molecular flexibility index (Phi) is 3.91. The minimum absolute atomic E-state index is 0.577. The Labute approximate surface area is 123 Å². The van der Waals surface area contributed by atoms with E-state index in [-0.39, 0.29) is 0 Å². The van der Waals surface area contributed by atoms with Crippen molar-refractivity contribution in [1.82, 2.24) is 15.1 Å². The molecule has 0 aliphatic heterocycles. The molecule has 5 heteroatoms. The van der Waals surface area contributed by atoms with Crippen molar-refractivity contribution in [3.63, 3.8) is 0 Å². The van der Waals surface area contributed by atoms with E-state index in [1.54, 1.807) is 12.4 Å². The number of hydrogen-bond donors (Lipinski definition) is 1. The molecule has 0 unspecified atom stereocenters. The molecule has 0 radical (unpaired) electrons. The summed E-state index contributed by atoms with van der Waals surface area (Å²) in [6.07, 6.45) is 4.12. The molecule has 0 aliphatic rings. The minimum Gasteiger partial charge on any atom is -0.385 e. The number of rotatable bonds is 5. The van der Waals surface area contributed by atoms with Gasteiger partial charge in [0.15, 0.2) is 0 Å². The van der Waals surface area contributed by atoms with Gasteiger partial charge in [-0.1, -0.05) is 22.9 Å². The number of pyridine rings is 1. The molecule has 0 spiro atoms. The highest BCUT2D eigenvalue weighted by molar-refractivity contribution is 5.51. The lowest BCUT2D eigenvalue weighted by Crippen LogP contribution is -2.04. The van der Waals surface area contributed by atoms with E-state index >= 15 is 0 Å². The summed E-state index contributed by atoms with van der Waals surface area (Å²) in [5.41, 5.74) is 3.20. The number of hydrogen-bond acceptors (Lipinski definition) is 5. The number of nitrogens with one attached hydrogen (secondary N) is 1. The highest BCUT2D eigenvalue weighted by atomic mass is 16.5. The predicted octanol–water partition coefficient (Wildman–Crippen LogP) is 3.09. The van der Waals surface area contributed by atoms with Crippen LogP contribution >= 0.6 is 0 Å². The van der Waals surface area contributed by atoms with Crippen molar-refractivity contribution in [2.45, 2.75) is 13.3 Å². The van der Waals surface area contributed by atoms with Crippen LogP contribution in [0.15, 0.2) is 53.3 Å². The summed E-state index contributed by atoms with van der Waals surface area (Å²) in [5.74, 6) is 1.20. The van der Waals surface area contributed by atoms with Crippen LogP contribution in [-0.4, -0.2) is 21.7 Å². The van der Waals surface area contributed by atoms with Crippen molar-refractivity contribution in [2.24, 2.45) is 0 Å². The van der Waals surface area contributed by atoms with Gasteiger partial charge in [0, 0.05) is 36.6 Å². The third kappa shape index (κ3) is 3.45. The molecule has 21 heavy (non-hydrogen) atoms. The van der Waals surface area contributed by atoms with Gasteiger partial charge in [0.1, 0.15) is 0 Å². The molecule has 2 heterocycles. The molecule has 0 saturated carbocycles. The fourth-order valence-electron chi connectivity index (χ4n) is 1.95. The molecule has 1 N–H and O–H groups in total. The van der Waals surface area contributed by atoms with Gasteiger partial charge in [0.2, 0.25) is 11.7 Å². The summed E-state index contributed by atoms with van der Waals surface area (Å²) in [6.45, 7) is 2.82. The van der Waals surface area contributed by atoms with Crippen LogP contribution in [0.4, 0.5) is 5.69 Å². The molecule has 0 saturated heterocycles. The molecule has 0 aliphatic carbocycles. The van der Waals surface area contributed by atoms with Crippen LogP contribution in [0.3, 0.4) is 0 Å². The normalized spacial score (nSPS) is 10.5. The molecule has 3 aromatic rings. The van der Waals surface area contributed by atoms with Crippen molar-refractivity contribution < 1.29 is 4.52 Å². The third-order valence-electron chi connectivity index (χ3n) is 3.11. The molecule has 3 rings (SSSR count). The Morgan fingerprint density at radius 1 is 1.14 bits per heavy atom. The Morgan fingerprint density at radius 3 is 2.76 bits per heavy atom. The predicted molar refractivity (Wildman–Crippen MR) is 80.9 cm³/mol. The number of aromatic nitrogens is 3. The average Bonchev–Trinajstić information content (AvgIpc) is 2.99. The molecular weight excluding hydrogens is 264 g/mol. The van der Waals surface area contributed by atoms with E-state index in [2.05, 4.69) is 51.6 Å². The van der Waals surface area contributed by atoms with Crippen molar-refractivity contribution in [2.75, 3.05) is 11.9 Å². The van der Waals surface area contributed by atoms with Gasteiger partial charge in [-0.3, -0.25) is 4.98 Å². The largest absolute Gasteiger partial charge is 0.385 e. The fourth-order valence-corrected chi connectivity index (χ4v) is 1.95. The number of benzene rings is 1. The molecular formula is C16H16N4O. The first-order chi connectivity index (χ1) is 10.3. The number of aryl methyl sites for hydroxylation is 1. The highest BCUT2D eigenvalue weighted by Crippen LogP contribution is 2.14. The second-order valence-electron chi connectivity index (χ2n) is 4.80. The van der Waals surface area contributed by atoms with E-state index in [0.29, 0.717) is 18.1 Å². The molecule has 0 fully saturated rings. The van der Waals surface area contributed by atoms with E-state index in [1.807, 2.05) is 12.1 Å². The van der Waals surface area contributed by atoms with Crippen LogP contribution in [-0.2, 0) is 6.42 Å². The maximum absolute atomic E-state index is 5.25. The fraction of sp³-hybridized carbons (Fsp3) is 0.188. The van der Waals surface area contributed by atoms with E-state index in [1.165, 1.54) is 5.56 Å². The van der Waals surface area contributed by atoms with Gasteiger partial charge in [-0.15, -0.1) is 0 Å². The van der Waals surface area contributed by atoms with Crippen LogP contribution in [0.25, 0.3) is 11.4 Å². The topological polar surface area (TPSA) is 63.8 Å². The van der Waals surface area contributed by atoms with Gasteiger partial charge in [0.25, 0.3) is 0 Å². The molecule has 0 atom stereocenters. The van der Waals surface area contributed by atoms with Crippen molar-refractivity contribution in [1.29, 1.82) is 0 Å². The van der Waals surface area contributed by atoms with Gasteiger partial charge in [-0.05, 0) is 31.2 Å². The van der Waals surface area contributed by atoms with Crippen LogP contribution in [0, 0.1) is 6.92 Å². The van der Waals surface area contributed by atoms with Gasteiger partial charge < -0.3 is 9.84 Å². The smallest absolute Gasteiger partial charge is 0.228 e. The Morgan fingerprint density at radius 2 is 2.00 bits per heavy atom. The van der Waals surface area contributed by atoms with Gasteiger partial charge in [0.05, 0.1) is 0 Å². The molecule has 0 bridgehead atoms. The second kappa shape index (κ2) is 6.17. The Bertz CT molecular complexity index is 692. The summed E-state index contributed by atoms with van der Waals surface area (Å²) in [5, 5.41) is 7.30. The zero-order valence-corrected chi connectivity index (χ0v) is 11.8. The molecule has 1 aromatic carbocycles. The van der Waals surface area contributed by atoms with E-state index in [4.69, 9.17) is 4.52 Å². The van der Waals surface area contributed by atoms with Crippen molar-refractivity contribution in [3.8, 4) is 11.4 Å². The maximum atomic E-state index is 5.25. The summed E-state index contributed by atoms with van der Waals surface area (Å²) in [7, 11) is 0. The first-order valence-electron chi connectivity index (χ1n) is 6.85. The summed E-state index contributed by atoms with van der Waals surface area (Å²) < 4.78 is 5.25. The zero-order chi connectivity index (χ0) is 14.5. The first kappa shape index (κ1) is 13.3. The van der Waals surface area contributed by atoms with Crippen LogP contribution in [0.5, 0.6) is 0 Å². The monoisotopic (exact) mass is 280 g/mol. The van der Waals surface area contributed by atoms with Gasteiger partial charge in [-0.25, -0.2) is 0 Å². The van der Waals surface area contributed by atoms with E-state index in [0.717, 1.165) is 17.8 Å². The molecule has 5 nitrogen and oxygen atoms in total. The Balaban J connectivity index is 1.57. The minimum atomic E-state index is 0.577. The van der Waals surface area contributed by atoms with Crippen molar-refractivity contribution >= 4 is 5.69 Å². The quantitative estimate of drug-likeness (QED) is 0.778. The number of nitrogens with zero attached hydrogens (tertiary/aromatic N) is 3. The van der Waals surface area contributed by atoms with Crippen LogP contribution in [0.2, 0.25) is 0 Å². The summed E-state index contributed by atoms with van der Waals surface area (Å²) in [6, 6.07) is 12.0. The van der Waals surface area contributed by atoms with Crippen LogP contribution < -0.4 is 5.32 Å². The van der Waals surface area contributed by atoms with Gasteiger partial charge in [-0.2, -0.15) is 4.98 Å². The van der Waals surface area contributed by atoms with E-state index < -0.39 is 0 Å². The highest BCUT2D eigenvalue weighted by Gasteiger charge is 2.08. The lowest BCUT2D eigenvalue weighted by Gasteiger charge is -2.04. The van der Waals surface area contributed by atoms with Gasteiger partial charge >= 0.3 is 0 Å². The third-order valence-corrected chi connectivity index (χ3v) is 3.11. The SMILES string of the molecule is Cc1ccc(NCCc2nc(-c3cccnc3)no2)cc1. The lowest BCUT2D eigenvalue weighted by molar-refractivity contribution is 0.381. The second-order valence-corrected chi connectivity index (χ2v) is 4.80. The average molecular weight is 280 g/mol. The summed E-state index contributed by atoms with van der Waals surface area (Å²) in [4.78, 5) is 8.41. The van der Waals surface area contributed by atoms with Crippen LogP contribution in [0.1, 0.15) is 11.5 Å². The zero-order valence-electron chi connectivity index (χ0n) is 11.8. The first-order valence-corrected chi connectivity index (χ1v) is 6.85. The Hall–Kier alpha value is -2.69. The molecule has 0 amide bonds. The standard InChI is InChI=1S/C16H16N4O/c1-12-4-6-14(7-5-12)18-10-8-15-19-16(20-21-15)13-3-2-9-17-11-13/h2-7,9,11,18H,8,10H2,1H3. The number of anilines is 1. The molecule has 2 aromatic heterocycles. The molecule has 106 valence electrons. The van der Waals surface area contributed by atoms with Crippen molar-refractivity contribution in [3.05, 3.63) is 60.2 Å².